The minimum absolute atomic E-state index is 0.0238. The van der Waals surface area contributed by atoms with E-state index < -0.39 is 29.8 Å². The topological polar surface area (TPSA) is 78.1 Å². The zero-order valence-corrected chi connectivity index (χ0v) is 14.8. The Bertz CT molecular complexity index is 813. The number of Topliss-reactive ketones (excluding diaryl/α,β-unsaturated/α-hetero) is 1. The third-order valence-electron chi connectivity index (χ3n) is 3.60. The summed E-state index contributed by atoms with van der Waals surface area (Å²) in [6.45, 7) is 2.77. The van der Waals surface area contributed by atoms with Crippen LogP contribution in [-0.2, 0) is 4.79 Å². The number of ketones is 1. The zero-order chi connectivity index (χ0) is 20.2. The molecule has 1 unspecified atom stereocenters. The second-order valence-electron chi connectivity index (χ2n) is 6.47. The molecule has 0 saturated carbocycles. The summed E-state index contributed by atoms with van der Waals surface area (Å²) in [6.07, 6.45) is -4.55. The maximum absolute atomic E-state index is 13.4. The molecule has 27 heavy (non-hydrogen) atoms. The van der Waals surface area contributed by atoms with Crippen LogP contribution in [0.4, 0.5) is 17.6 Å². The number of rotatable bonds is 8. The molecule has 0 spiro atoms. The second kappa shape index (κ2) is 8.43. The largest absolute Gasteiger partial charge is 0.490 e. The monoisotopic (exact) mass is 385 g/mol. The van der Waals surface area contributed by atoms with Crippen molar-refractivity contribution in [1.29, 1.82) is 0 Å². The lowest BCUT2D eigenvalue weighted by atomic mass is 9.98. The van der Waals surface area contributed by atoms with Crippen molar-refractivity contribution in [3.63, 3.8) is 0 Å². The number of nitrogens with zero attached hydrogens (tertiary/aromatic N) is 2. The highest BCUT2D eigenvalue weighted by Crippen LogP contribution is 2.31. The number of carbonyl (C=O) groups is 1. The lowest BCUT2D eigenvalue weighted by Crippen LogP contribution is -2.44. The summed E-state index contributed by atoms with van der Waals surface area (Å²) in [7, 11) is 0. The normalized spacial score (nSPS) is 13.7. The molecule has 2 heterocycles. The van der Waals surface area contributed by atoms with Crippen LogP contribution in [-0.4, -0.2) is 27.9 Å². The molecule has 0 aliphatic heterocycles. The summed E-state index contributed by atoms with van der Waals surface area (Å²) in [5.74, 6) is -0.337. The molecule has 0 aromatic carbocycles. The van der Waals surface area contributed by atoms with E-state index in [9.17, 15) is 22.4 Å². The molecular formula is C18H19F4N3O2. The van der Waals surface area contributed by atoms with Gasteiger partial charge in [-0.3, -0.25) is 9.78 Å². The number of alkyl halides is 4. The van der Waals surface area contributed by atoms with Gasteiger partial charge in [0.05, 0.1) is 11.2 Å². The molecule has 2 rings (SSSR count). The first-order valence-electron chi connectivity index (χ1n) is 8.04. The summed E-state index contributed by atoms with van der Waals surface area (Å²) in [5, 5.41) is 0. The van der Waals surface area contributed by atoms with Crippen LogP contribution in [0.5, 0.6) is 5.75 Å². The number of pyridine rings is 2. The van der Waals surface area contributed by atoms with E-state index in [0.717, 1.165) is 12.3 Å². The van der Waals surface area contributed by atoms with E-state index in [0.29, 0.717) is 0 Å². The minimum atomic E-state index is -2.95. The number of ether oxygens (including phenoxy) is 1. The van der Waals surface area contributed by atoms with E-state index in [1.54, 1.807) is 6.92 Å². The molecule has 5 nitrogen and oxygen atoms in total. The van der Waals surface area contributed by atoms with E-state index in [2.05, 4.69) is 9.97 Å². The van der Waals surface area contributed by atoms with E-state index in [1.165, 1.54) is 25.1 Å². The molecule has 0 bridgehead atoms. The van der Waals surface area contributed by atoms with Gasteiger partial charge in [0.25, 0.3) is 12.9 Å². The number of nitrogens with two attached hydrogens (primary N) is 1. The van der Waals surface area contributed by atoms with Crippen LogP contribution in [0.15, 0.2) is 30.5 Å². The fraction of sp³-hybridized carbons (Fsp3) is 0.389. The van der Waals surface area contributed by atoms with Crippen molar-refractivity contribution >= 4 is 5.78 Å². The third kappa shape index (κ3) is 5.72. The molecule has 0 aliphatic rings. The van der Waals surface area contributed by atoms with Crippen LogP contribution in [0.3, 0.4) is 0 Å². The fourth-order valence-electron chi connectivity index (χ4n) is 2.49. The highest BCUT2D eigenvalue weighted by molar-refractivity contribution is 5.76. The first-order valence-corrected chi connectivity index (χ1v) is 8.04. The molecule has 0 radical (unpaired) electrons. The maximum Gasteiger partial charge on any atom is 0.284 e. The fourth-order valence-corrected chi connectivity index (χ4v) is 2.49. The van der Waals surface area contributed by atoms with Crippen molar-refractivity contribution in [2.75, 3.05) is 6.61 Å². The van der Waals surface area contributed by atoms with Gasteiger partial charge in [0.2, 0.25) is 0 Å². The molecule has 146 valence electrons. The second-order valence-corrected chi connectivity index (χ2v) is 6.47. The summed E-state index contributed by atoms with van der Waals surface area (Å²) < 4.78 is 57.7. The van der Waals surface area contributed by atoms with E-state index in [4.69, 9.17) is 10.5 Å². The van der Waals surface area contributed by atoms with Crippen molar-refractivity contribution < 1.29 is 27.1 Å². The zero-order valence-electron chi connectivity index (χ0n) is 14.8. The van der Waals surface area contributed by atoms with E-state index in [-0.39, 0.29) is 35.8 Å². The molecule has 2 aromatic heterocycles. The molecular weight excluding hydrogens is 366 g/mol. The van der Waals surface area contributed by atoms with Crippen molar-refractivity contribution in [2.24, 2.45) is 5.73 Å². The summed E-state index contributed by atoms with van der Waals surface area (Å²) in [5.41, 5.74) is 4.10. The Balaban J connectivity index is 2.29. The average molecular weight is 385 g/mol. The first kappa shape index (κ1) is 20.8. The van der Waals surface area contributed by atoms with Crippen molar-refractivity contribution in [1.82, 2.24) is 9.97 Å². The maximum atomic E-state index is 13.4. The SMILES string of the molecule is CC(=O)CC(C)(N)COc1ccc(-c2ccnc(C(F)F)c2)nc1C(F)F. The number of aromatic nitrogens is 2. The van der Waals surface area contributed by atoms with Crippen LogP contribution in [0.1, 0.15) is 44.5 Å². The standard InChI is InChI=1S/C18H19F4N3O2/c1-10(26)8-18(2,23)9-27-14-4-3-12(25-15(14)17(21)22)11-5-6-24-13(7-11)16(19)20/h3-7,16-17H,8-9,23H2,1-2H3. The van der Waals surface area contributed by atoms with E-state index >= 15 is 0 Å². The van der Waals surface area contributed by atoms with Gasteiger partial charge >= 0.3 is 0 Å². The average Bonchev–Trinajstić information content (AvgIpc) is 2.58. The Morgan fingerprint density at radius 3 is 2.52 bits per heavy atom. The smallest absolute Gasteiger partial charge is 0.284 e. The predicted octanol–water partition coefficient (Wildman–Crippen LogP) is 4.09. The third-order valence-corrected chi connectivity index (χ3v) is 3.60. The Morgan fingerprint density at radius 1 is 1.22 bits per heavy atom. The molecule has 2 N–H and O–H groups in total. The Hall–Kier alpha value is -2.55. The van der Waals surface area contributed by atoms with Crippen LogP contribution in [0.2, 0.25) is 0 Å². The molecule has 0 amide bonds. The van der Waals surface area contributed by atoms with Gasteiger partial charge in [-0.05, 0) is 38.1 Å². The van der Waals surface area contributed by atoms with Gasteiger partial charge in [0.1, 0.15) is 29.5 Å². The van der Waals surface area contributed by atoms with Gasteiger partial charge in [-0.2, -0.15) is 0 Å². The van der Waals surface area contributed by atoms with Crippen molar-refractivity contribution in [2.45, 2.75) is 38.7 Å². The minimum Gasteiger partial charge on any atom is -0.490 e. The Morgan fingerprint density at radius 2 is 1.93 bits per heavy atom. The number of carbonyl (C=O) groups excluding carboxylic acids is 1. The van der Waals surface area contributed by atoms with Gasteiger partial charge in [-0.1, -0.05) is 0 Å². The van der Waals surface area contributed by atoms with Gasteiger partial charge in [-0.15, -0.1) is 0 Å². The lowest BCUT2D eigenvalue weighted by Gasteiger charge is -2.24. The van der Waals surface area contributed by atoms with Gasteiger partial charge in [0.15, 0.2) is 0 Å². The van der Waals surface area contributed by atoms with Crippen LogP contribution in [0.25, 0.3) is 11.3 Å². The Kier molecular flexibility index (Phi) is 6.48. The molecule has 0 saturated heterocycles. The van der Waals surface area contributed by atoms with Gasteiger partial charge in [0, 0.05) is 18.2 Å². The highest BCUT2D eigenvalue weighted by Gasteiger charge is 2.24. The summed E-state index contributed by atoms with van der Waals surface area (Å²) in [6, 6.07) is 5.14. The molecule has 2 aromatic rings. The first-order chi connectivity index (χ1) is 12.6. The Labute approximate surface area is 153 Å². The number of hydrogen-bond acceptors (Lipinski definition) is 5. The van der Waals surface area contributed by atoms with Crippen molar-refractivity contribution in [3.05, 3.63) is 41.9 Å². The quantitative estimate of drug-likeness (QED) is 0.693. The van der Waals surface area contributed by atoms with Crippen LogP contribution in [0, 0.1) is 0 Å². The summed E-state index contributed by atoms with van der Waals surface area (Å²) in [4.78, 5) is 18.6. The summed E-state index contributed by atoms with van der Waals surface area (Å²) >= 11 is 0. The molecule has 1 atom stereocenters. The molecule has 9 heteroatoms. The molecule has 0 aliphatic carbocycles. The van der Waals surface area contributed by atoms with E-state index in [1.807, 2.05) is 0 Å². The highest BCUT2D eigenvalue weighted by atomic mass is 19.3. The molecule has 0 fully saturated rings. The van der Waals surface area contributed by atoms with Crippen LogP contribution >= 0.6 is 0 Å². The number of halogens is 4. The number of hydrogen-bond donors (Lipinski definition) is 1. The lowest BCUT2D eigenvalue weighted by molar-refractivity contribution is -0.118. The van der Waals surface area contributed by atoms with Crippen molar-refractivity contribution in [3.8, 4) is 17.0 Å². The predicted molar refractivity (Wildman–Crippen MR) is 90.8 cm³/mol. The van der Waals surface area contributed by atoms with Gasteiger partial charge in [-0.25, -0.2) is 22.5 Å². The van der Waals surface area contributed by atoms with Gasteiger partial charge < -0.3 is 10.5 Å². The van der Waals surface area contributed by atoms with Crippen LogP contribution < -0.4 is 10.5 Å².